The number of aromatic amines is 2. The largest absolute Gasteiger partial charge is 0.481 e. The smallest absolute Gasteiger partial charge is 0.323 e. The summed E-state index contributed by atoms with van der Waals surface area (Å²) in [5, 5.41) is 18.3. The fourth-order valence-corrected chi connectivity index (χ4v) is 1.97. The van der Waals surface area contributed by atoms with Crippen LogP contribution in [0.25, 0.3) is 11.0 Å². The molecule has 0 aliphatic heterocycles. The van der Waals surface area contributed by atoms with Gasteiger partial charge in [-0.3, -0.25) is 4.79 Å². The molecular formula is C12H14N2O4. The molecule has 0 aliphatic rings. The average Bonchev–Trinajstić information content (AvgIpc) is 2.67. The maximum atomic E-state index is 11.4. The van der Waals surface area contributed by atoms with Gasteiger partial charge in [0.25, 0.3) is 0 Å². The number of aliphatic hydroxyl groups excluding tert-OH is 1. The van der Waals surface area contributed by atoms with Crippen LogP contribution < -0.4 is 5.69 Å². The molecule has 1 aromatic carbocycles. The van der Waals surface area contributed by atoms with Crippen molar-refractivity contribution >= 4 is 17.0 Å². The zero-order valence-corrected chi connectivity index (χ0v) is 9.86. The van der Waals surface area contributed by atoms with Crippen LogP contribution in [0.4, 0.5) is 0 Å². The number of aliphatic carboxylic acids is 1. The second-order valence-corrected chi connectivity index (χ2v) is 4.45. The molecule has 1 unspecified atom stereocenters. The SMILES string of the molecule is CC(CCO)(C(=O)O)c1ccc2[nH]c(=O)[nH]c2c1. The molecule has 96 valence electrons. The Labute approximate surface area is 102 Å². The molecule has 1 heterocycles. The standard InChI is InChI=1S/C12H14N2O4/c1-12(4-5-15,10(16)17)7-2-3-8-9(6-7)14-11(18)13-8/h2-3,6,15H,4-5H2,1H3,(H,16,17)(H2,13,14,18). The molecule has 2 rings (SSSR count). The van der Waals surface area contributed by atoms with Gasteiger partial charge in [0.2, 0.25) is 0 Å². The van der Waals surface area contributed by atoms with Gasteiger partial charge in [-0.25, -0.2) is 4.79 Å². The molecule has 0 spiro atoms. The Morgan fingerprint density at radius 3 is 2.61 bits per heavy atom. The van der Waals surface area contributed by atoms with Crippen LogP contribution in [0.1, 0.15) is 18.9 Å². The normalized spacial score (nSPS) is 14.6. The molecule has 0 aliphatic carbocycles. The highest BCUT2D eigenvalue weighted by molar-refractivity contribution is 5.84. The van der Waals surface area contributed by atoms with Crippen molar-refractivity contribution in [2.75, 3.05) is 6.61 Å². The highest BCUT2D eigenvalue weighted by atomic mass is 16.4. The fraction of sp³-hybridized carbons (Fsp3) is 0.333. The van der Waals surface area contributed by atoms with E-state index in [0.29, 0.717) is 16.6 Å². The monoisotopic (exact) mass is 250 g/mol. The molecule has 2 aromatic rings. The van der Waals surface area contributed by atoms with Gasteiger partial charge in [0, 0.05) is 6.61 Å². The summed E-state index contributed by atoms with van der Waals surface area (Å²) in [6.07, 6.45) is 0.114. The van der Waals surface area contributed by atoms with Gasteiger partial charge in [0.15, 0.2) is 0 Å². The molecule has 0 radical (unpaired) electrons. The first-order valence-electron chi connectivity index (χ1n) is 5.54. The molecule has 1 atom stereocenters. The quantitative estimate of drug-likeness (QED) is 0.636. The molecule has 4 N–H and O–H groups in total. The number of hydrogen-bond acceptors (Lipinski definition) is 3. The van der Waals surface area contributed by atoms with Crippen molar-refractivity contribution in [2.45, 2.75) is 18.8 Å². The van der Waals surface area contributed by atoms with Crippen molar-refractivity contribution in [2.24, 2.45) is 0 Å². The Morgan fingerprint density at radius 1 is 1.33 bits per heavy atom. The number of H-pyrrole nitrogens is 2. The third-order valence-electron chi connectivity index (χ3n) is 3.24. The first kappa shape index (κ1) is 12.4. The fourth-order valence-electron chi connectivity index (χ4n) is 1.97. The minimum absolute atomic E-state index is 0.114. The number of carbonyl (C=O) groups is 1. The molecule has 6 nitrogen and oxygen atoms in total. The van der Waals surface area contributed by atoms with E-state index in [9.17, 15) is 14.7 Å². The number of aliphatic hydroxyl groups is 1. The molecule has 6 heteroatoms. The predicted octanol–water partition coefficient (Wildman–Crippen LogP) is 0.581. The van der Waals surface area contributed by atoms with Crippen molar-refractivity contribution in [3.8, 4) is 0 Å². The lowest BCUT2D eigenvalue weighted by Crippen LogP contribution is -2.33. The second-order valence-electron chi connectivity index (χ2n) is 4.45. The van der Waals surface area contributed by atoms with Crippen molar-refractivity contribution in [1.82, 2.24) is 9.97 Å². The van der Waals surface area contributed by atoms with Crippen LogP contribution in [-0.2, 0) is 10.2 Å². The Kier molecular flexibility index (Phi) is 2.96. The Bertz CT molecular complexity index is 643. The van der Waals surface area contributed by atoms with E-state index in [0.717, 1.165) is 0 Å². The van der Waals surface area contributed by atoms with E-state index < -0.39 is 11.4 Å². The summed E-state index contributed by atoms with van der Waals surface area (Å²) in [4.78, 5) is 27.7. The maximum Gasteiger partial charge on any atom is 0.323 e. The van der Waals surface area contributed by atoms with Gasteiger partial charge >= 0.3 is 11.7 Å². The summed E-state index contributed by atoms with van der Waals surface area (Å²) in [5.41, 5.74) is 0.230. The molecule has 0 fully saturated rings. The number of imidazole rings is 1. The average molecular weight is 250 g/mol. The van der Waals surface area contributed by atoms with Crippen LogP contribution in [0.5, 0.6) is 0 Å². The van der Waals surface area contributed by atoms with Crippen LogP contribution in [0.15, 0.2) is 23.0 Å². The zero-order valence-electron chi connectivity index (χ0n) is 9.86. The number of nitrogens with one attached hydrogen (secondary N) is 2. The first-order chi connectivity index (χ1) is 8.47. The number of hydrogen-bond donors (Lipinski definition) is 4. The van der Waals surface area contributed by atoms with Gasteiger partial charge in [0.1, 0.15) is 0 Å². The number of rotatable bonds is 4. The Hall–Kier alpha value is -2.08. The van der Waals surface area contributed by atoms with Crippen molar-refractivity contribution < 1.29 is 15.0 Å². The topological polar surface area (TPSA) is 106 Å². The van der Waals surface area contributed by atoms with Crippen molar-refractivity contribution in [3.05, 3.63) is 34.2 Å². The number of fused-ring (bicyclic) bond motifs is 1. The first-order valence-corrected chi connectivity index (χ1v) is 5.54. The lowest BCUT2D eigenvalue weighted by atomic mass is 9.79. The van der Waals surface area contributed by atoms with Gasteiger partial charge in [0.05, 0.1) is 16.4 Å². The van der Waals surface area contributed by atoms with E-state index in [-0.39, 0.29) is 18.7 Å². The highest BCUT2D eigenvalue weighted by Gasteiger charge is 2.34. The molecule has 1 aromatic heterocycles. The predicted molar refractivity (Wildman–Crippen MR) is 65.6 cm³/mol. The lowest BCUT2D eigenvalue weighted by Gasteiger charge is -2.24. The van der Waals surface area contributed by atoms with E-state index in [1.807, 2.05) is 0 Å². The minimum Gasteiger partial charge on any atom is -0.481 e. The van der Waals surface area contributed by atoms with Gasteiger partial charge in [-0.05, 0) is 31.0 Å². The van der Waals surface area contributed by atoms with E-state index in [4.69, 9.17) is 5.11 Å². The van der Waals surface area contributed by atoms with E-state index in [1.165, 1.54) is 0 Å². The highest BCUT2D eigenvalue weighted by Crippen LogP contribution is 2.29. The summed E-state index contributed by atoms with van der Waals surface area (Å²) < 4.78 is 0. The summed E-state index contributed by atoms with van der Waals surface area (Å²) in [6.45, 7) is 1.34. The van der Waals surface area contributed by atoms with Gasteiger partial charge in [-0.2, -0.15) is 0 Å². The number of carboxylic acid groups (broad SMARTS) is 1. The molecule has 0 amide bonds. The zero-order chi connectivity index (χ0) is 13.3. The van der Waals surface area contributed by atoms with Crippen LogP contribution in [-0.4, -0.2) is 32.8 Å². The van der Waals surface area contributed by atoms with Gasteiger partial charge in [-0.1, -0.05) is 6.07 Å². The van der Waals surface area contributed by atoms with Gasteiger partial charge < -0.3 is 20.2 Å². The molecular weight excluding hydrogens is 236 g/mol. The van der Waals surface area contributed by atoms with Crippen LogP contribution in [0.2, 0.25) is 0 Å². The van der Waals surface area contributed by atoms with E-state index in [1.54, 1.807) is 25.1 Å². The number of carboxylic acids is 1. The molecule has 0 bridgehead atoms. The third-order valence-corrected chi connectivity index (χ3v) is 3.24. The molecule has 18 heavy (non-hydrogen) atoms. The Balaban J connectivity index is 2.57. The van der Waals surface area contributed by atoms with Gasteiger partial charge in [-0.15, -0.1) is 0 Å². The number of benzene rings is 1. The van der Waals surface area contributed by atoms with E-state index >= 15 is 0 Å². The van der Waals surface area contributed by atoms with Crippen LogP contribution in [0.3, 0.4) is 0 Å². The summed E-state index contributed by atoms with van der Waals surface area (Å²) in [5.74, 6) is -1.01. The molecule has 0 saturated heterocycles. The van der Waals surface area contributed by atoms with Crippen molar-refractivity contribution in [3.63, 3.8) is 0 Å². The second kappa shape index (κ2) is 4.30. The minimum atomic E-state index is -1.17. The lowest BCUT2D eigenvalue weighted by molar-refractivity contribution is -0.143. The summed E-state index contributed by atoms with van der Waals surface area (Å²) in [7, 11) is 0. The third kappa shape index (κ3) is 1.91. The molecule has 0 saturated carbocycles. The van der Waals surface area contributed by atoms with Crippen LogP contribution >= 0.6 is 0 Å². The summed E-state index contributed by atoms with van der Waals surface area (Å²) >= 11 is 0. The maximum absolute atomic E-state index is 11.4. The Morgan fingerprint density at radius 2 is 2.00 bits per heavy atom. The van der Waals surface area contributed by atoms with Crippen molar-refractivity contribution in [1.29, 1.82) is 0 Å². The van der Waals surface area contributed by atoms with Crippen LogP contribution in [0, 0.1) is 0 Å². The number of aromatic nitrogens is 2. The van der Waals surface area contributed by atoms with E-state index in [2.05, 4.69) is 9.97 Å². The summed E-state index contributed by atoms with van der Waals surface area (Å²) in [6, 6.07) is 4.92.